The van der Waals surface area contributed by atoms with E-state index in [1.54, 1.807) is 0 Å². The van der Waals surface area contributed by atoms with Crippen LogP contribution in [0.2, 0.25) is 0 Å². The minimum Gasteiger partial charge on any atom is -0.342 e. The highest BCUT2D eigenvalue weighted by atomic mass is 32.1. The zero-order chi connectivity index (χ0) is 17.4. The molecule has 0 saturated carbocycles. The number of benzene rings is 2. The quantitative estimate of drug-likeness (QED) is 0.725. The van der Waals surface area contributed by atoms with Crippen LogP contribution in [-0.4, -0.2) is 22.7 Å². The highest BCUT2D eigenvalue weighted by Crippen LogP contribution is 2.48. The van der Waals surface area contributed by atoms with E-state index in [1.165, 1.54) is 11.1 Å². The Morgan fingerprint density at radius 3 is 2.16 bits per heavy atom. The number of piperidine rings is 1. The van der Waals surface area contributed by atoms with Gasteiger partial charge >= 0.3 is 0 Å². The normalized spacial score (nSPS) is 32.4. The largest absolute Gasteiger partial charge is 0.342 e. The molecule has 5 heteroatoms. The van der Waals surface area contributed by atoms with Crippen LogP contribution >= 0.6 is 12.2 Å². The van der Waals surface area contributed by atoms with Gasteiger partial charge in [-0.3, -0.25) is 10.3 Å². The molecule has 2 aromatic rings. The Labute approximate surface area is 154 Å². The minimum atomic E-state index is -0.259. The summed E-state index contributed by atoms with van der Waals surface area (Å²) in [5.74, 6) is 0.327. The van der Waals surface area contributed by atoms with Gasteiger partial charge < -0.3 is 5.32 Å². The number of hydrogen-bond acceptors (Lipinski definition) is 3. The van der Waals surface area contributed by atoms with E-state index in [0.29, 0.717) is 17.1 Å². The van der Waals surface area contributed by atoms with Crippen LogP contribution in [0, 0.1) is 5.92 Å². The molecule has 0 radical (unpaired) electrons. The lowest BCUT2D eigenvalue weighted by atomic mass is 9.74. The van der Waals surface area contributed by atoms with E-state index in [0.717, 1.165) is 6.42 Å². The average molecular weight is 353 g/mol. The van der Waals surface area contributed by atoms with Crippen molar-refractivity contribution < 1.29 is 0 Å². The smallest absolute Gasteiger partial charge is 0.182 e. The van der Waals surface area contributed by atoms with Crippen molar-refractivity contribution >= 4 is 17.3 Å². The van der Waals surface area contributed by atoms with E-state index in [9.17, 15) is 0 Å². The van der Waals surface area contributed by atoms with Gasteiger partial charge in [-0.05, 0) is 30.4 Å². The fraction of sp³-hybridized carbons (Fsp3) is 0.350. The Morgan fingerprint density at radius 1 is 1.00 bits per heavy atom. The molecule has 130 valence electrons. The molecule has 2 saturated heterocycles. The van der Waals surface area contributed by atoms with Crippen molar-refractivity contribution in [3.63, 3.8) is 0 Å². The molecule has 3 N–H and O–H groups in total. The summed E-state index contributed by atoms with van der Waals surface area (Å²) < 4.78 is 0. The third-order valence-corrected chi connectivity index (χ3v) is 5.96. The first-order chi connectivity index (χ1) is 12.1. The van der Waals surface area contributed by atoms with E-state index < -0.39 is 0 Å². The first kappa shape index (κ1) is 16.5. The zero-order valence-electron chi connectivity index (χ0n) is 14.6. The minimum absolute atomic E-state index is 0.259. The Morgan fingerprint density at radius 2 is 1.60 bits per heavy atom. The molecule has 2 heterocycles. The predicted molar refractivity (Wildman–Crippen MR) is 105 cm³/mol. The number of thiocarbonyl (C=S) groups is 1. The third-order valence-electron chi connectivity index (χ3n) is 5.76. The maximum absolute atomic E-state index is 5.37. The lowest BCUT2D eigenvalue weighted by Gasteiger charge is -2.52. The Bertz CT molecular complexity index is 751. The molecular formula is C20H24N4S. The summed E-state index contributed by atoms with van der Waals surface area (Å²) >= 11 is 5.37. The summed E-state index contributed by atoms with van der Waals surface area (Å²) in [4.78, 5) is 2.51. The molecule has 4 unspecified atom stereocenters. The molecule has 2 aliphatic heterocycles. The first-order valence-corrected chi connectivity index (χ1v) is 9.19. The first-order valence-electron chi connectivity index (χ1n) is 8.78. The maximum Gasteiger partial charge on any atom is 0.182 e. The number of rotatable bonds is 2. The molecule has 0 aliphatic carbocycles. The van der Waals surface area contributed by atoms with Crippen molar-refractivity contribution in [3.8, 4) is 0 Å². The van der Waals surface area contributed by atoms with E-state index in [2.05, 4.69) is 95.7 Å². The highest BCUT2D eigenvalue weighted by Gasteiger charge is 2.52. The molecule has 2 aliphatic rings. The molecule has 4 nitrogen and oxygen atoms in total. The average Bonchev–Trinajstić information content (AvgIpc) is 3.02. The molecule has 2 fully saturated rings. The second-order valence-corrected chi connectivity index (χ2v) is 7.52. The van der Waals surface area contributed by atoms with E-state index in [1.807, 2.05) is 0 Å². The van der Waals surface area contributed by atoms with Gasteiger partial charge in [0.25, 0.3) is 0 Å². The van der Waals surface area contributed by atoms with Crippen LogP contribution in [0.25, 0.3) is 0 Å². The lowest BCUT2D eigenvalue weighted by molar-refractivity contribution is -0.0115. The third kappa shape index (κ3) is 2.82. The van der Waals surface area contributed by atoms with Crippen molar-refractivity contribution in [3.05, 3.63) is 71.8 Å². The van der Waals surface area contributed by atoms with Gasteiger partial charge in [-0.1, -0.05) is 67.6 Å². The summed E-state index contributed by atoms with van der Waals surface area (Å²) in [5, 5.41) is 4.20. The van der Waals surface area contributed by atoms with Gasteiger partial charge in [0.15, 0.2) is 5.11 Å². The van der Waals surface area contributed by atoms with E-state index in [4.69, 9.17) is 12.2 Å². The molecule has 0 bridgehead atoms. The Hall–Kier alpha value is -1.95. The number of likely N-dealkylation sites (tertiary alicyclic amines) is 1. The summed E-state index contributed by atoms with van der Waals surface area (Å²) in [6.07, 6.45) is 0.936. The van der Waals surface area contributed by atoms with Crippen LogP contribution in [0.4, 0.5) is 0 Å². The van der Waals surface area contributed by atoms with Crippen LogP contribution in [0.5, 0.6) is 0 Å². The molecule has 0 aromatic heterocycles. The summed E-state index contributed by atoms with van der Waals surface area (Å²) in [6.45, 7) is 2.30. The number of nitrogens with zero attached hydrogens (tertiary/aromatic N) is 1. The SMILES string of the molecule is CC1C(c2ccccc2)N(C)C(c2ccccc2)CC12NNC(=S)N2. The fourth-order valence-electron chi connectivity index (χ4n) is 4.42. The zero-order valence-corrected chi connectivity index (χ0v) is 15.4. The second kappa shape index (κ2) is 6.41. The summed E-state index contributed by atoms with van der Waals surface area (Å²) in [7, 11) is 2.24. The second-order valence-electron chi connectivity index (χ2n) is 7.12. The van der Waals surface area contributed by atoms with Gasteiger partial charge in [0.2, 0.25) is 0 Å². The van der Waals surface area contributed by atoms with E-state index >= 15 is 0 Å². The van der Waals surface area contributed by atoms with Gasteiger partial charge in [0.1, 0.15) is 5.66 Å². The van der Waals surface area contributed by atoms with Crippen molar-refractivity contribution in [2.45, 2.75) is 31.1 Å². The van der Waals surface area contributed by atoms with Gasteiger partial charge in [-0.15, -0.1) is 0 Å². The summed E-state index contributed by atoms with van der Waals surface area (Å²) in [5.41, 5.74) is 8.99. The number of hydrazine groups is 1. The molecule has 0 amide bonds. The Kier molecular flexibility index (Phi) is 4.23. The topological polar surface area (TPSA) is 39.3 Å². The molecular weight excluding hydrogens is 328 g/mol. The van der Waals surface area contributed by atoms with Gasteiger partial charge in [0.05, 0.1) is 0 Å². The Balaban J connectivity index is 1.78. The van der Waals surface area contributed by atoms with E-state index in [-0.39, 0.29) is 11.7 Å². The van der Waals surface area contributed by atoms with Crippen molar-refractivity contribution in [1.29, 1.82) is 0 Å². The van der Waals surface area contributed by atoms with Gasteiger partial charge in [-0.25, -0.2) is 5.43 Å². The lowest BCUT2D eigenvalue weighted by Crippen LogP contribution is -2.63. The van der Waals surface area contributed by atoms with Gasteiger partial charge in [-0.2, -0.15) is 0 Å². The molecule has 4 atom stereocenters. The van der Waals surface area contributed by atoms with Crippen LogP contribution in [-0.2, 0) is 0 Å². The van der Waals surface area contributed by atoms with Crippen LogP contribution in [0.15, 0.2) is 60.7 Å². The van der Waals surface area contributed by atoms with Crippen molar-refractivity contribution in [2.24, 2.45) is 5.92 Å². The number of nitrogens with one attached hydrogen (secondary N) is 3. The fourth-order valence-corrected chi connectivity index (χ4v) is 4.65. The maximum atomic E-state index is 5.37. The van der Waals surface area contributed by atoms with Crippen molar-refractivity contribution in [1.82, 2.24) is 21.1 Å². The monoisotopic (exact) mass is 352 g/mol. The summed E-state index contributed by atoms with van der Waals surface area (Å²) in [6, 6.07) is 22.1. The molecule has 2 aromatic carbocycles. The molecule has 1 spiro atoms. The molecule has 4 rings (SSSR count). The van der Waals surface area contributed by atoms with Crippen LogP contribution in [0.3, 0.4) is 0 Å². The van der Waals surface area contributed by atoms with Crippen LogP contribution in [0.1, 0.15) is 36.6 Å². The highest BCUT2D eigenvalue weighted by molar-refractivity contribution is 7.80. The predicted octanol–water partition coefficient (Wildman–Crippen LogP) is 3.12. The number of hydrogen-bond donors (Lipinski definition) is 3. The standard InChI is InChI=1S/C20H24N4S/c1-14-18(16-11-7-4-8-12-16)24(2)17(15-9-5-3-6-10-15)13-20(14)21-19(25)22-23-20/h3-12,14,17-18,23H,13H2,1-2H3,(H2,21,22,25). The van der Waals surface area contributed by atoms with Crippen molar-refractivity contribution in [2.75, 3.05) is 7.05 Å². The van der Waals surface area contributed by atoms with Crippen LogP contribution < -0.4 is 16.2 Å². The van der Waals surface area contributed by atoms with Gasteiger partial charge in [0, 0.05) is 24.4 Å². The molecule has 25 heavy (non-hydrogen) atoms.